The van der Waals surface area contributed by atoms with Crippen LogP contribution in [0.2, 0.25) is 0 Å². The fourth-order valence-electron chi connectivity index (χ4n) is 4.06. The number of benzene rings is 2. The fraction of sp³-hybridized carbons (Fsp3) is 0.333. The Morgan fingerprint density at radius 1 is 0.967 bits per heavy atom. The van der Waals surface area contributed by atoms with Crippen LogP contribution >= 0.6 is 0 Å². The van der Waals surface area contributed by atoms with E-state index in [1.165, 1.54) is 14.2 Å². The summed E-state index contributed by atoms with van der Waals surface area (Å²) in [6.45, 7) is 3.66. The lowest BCUT2D eigenvalue weighted by Gasteiger charge is -2.25. The lowest BCUT2D eigenvalue weighted by atomic mass is 9.80. The van der Waals surface area contributed by atoms with E-state index in [1.807, 2.05) is 30.3 Å². The number of allylic oxidation sites excluding steroid dienone is 2. The Kier molecular flexibility index (Phi) is 6.45. The van der Waals surface area contributed by atoms with Crippen LogP contribution in [0.4, 0.5) is 0 Å². The zero-order valence-corrected chi connectivity index (χ0v) is 17.9. The van der Waals surface area contributed by atoms with E-state index in [-0.39, 0.29) is 12.4 Å². The first kappa shape index (κ1) is 21.4. The molecule has 1 aliphatic carbocycles. The second kappa shape index (κ2) is 9.03. The van der Waals surface area contributed by atoms with Gasteiger partial charge in [0.15, 0.2) is 5.78 Å². The highest BCUT2D eigenvalue weighted by atomic mass is 16.5. The minimum absolute atomic E-state index is 0.186. The van der Waals surface area contributed by atoms with Crippen LogP contribution in [0.3, 0.4) is 0 Å². The highest BCUT2D eigenvalue weighted by Crippen LogP contribution is 2.53. The molecule has 0 aliphatic heterocycles. The number of ether oxygens (including phenoxy) is 4. The van der Waals surface area contributed by atoms with Crippen LogP contribution in [0.5, 0.6) is 17.2 Å². The Labute approximate surface area is 176 Å². The van der Waals surface area contributed by atoms with Crippen molar-refractivity contribution in [2.24, 2.45) is 5.92 Å². The predicted molar refractivity (Wildman–Crippen MR) is 113 cm³/mol. The van der Waals surface area contributed by atoms with Crippen LogP contribution in [0.1, 0.15) is 30.9 Å². The number of esters is 1. The van der Waals surface area contributed by atoms with Gasteiger partial charge in [0.1, 0.15) is 23.2 Å². The third kappa shape index (κ3) is 3.65. The summed E-state index contributed by atoms with van der Waals surface area (Å²) in [6, 6.07) is 13.0. The van der Waals surface area contributed by atoms with Gasteiger partial charge >= 0.3 is 5.97 Å². The minimum atomic E-state index is -1.02. The molecule has 2 aromatic carbocycles. The van der Waals surface area contributed by atoms with E-state index in [2.05, 4.69) is 0 Å². The molecule has 0 N–H and O–H groups in total. The Balaban J connectivity index is 2.31. The molecule has 0 saturated heterocycles. The molecule has 0 amide bonds. The maximum Gasteiger partial charge on any atom is 0.317 e. The van der Waals surface area contributed by atoms with E-state index in [4.69, 9.17) is 18.9 Å². The first-order chi connectivity index (χ1) is 14.5. The molecule has 158 valence electrons. The first-order valence-corrected chi connectivity index (χ1v) is 9.75. The molecule has 3 rings (SSSR count). The molecule has 0 bridgehead atoms. The van der Waals surface area contributed by atoms with E-state index in [9.17, 15) is 9.59 Å². The van der Waals surface area contributed by atoms with Crippen molar-refractivity contribution in [1.82, 2.24) is 0 Å². The van der Waals surface area contributed by atoms with E-state index < -0.39 is 17.8 Å². The standard InChI is InChI=1S/C24H26O6/c1-6-30-24(26)22-21(19(14(2)23(22)25)15-10-8-7-9-11-15)20-17(28-4)12-16(27-3)13-18(20)29-5/h7-13,21-22H,6H2,1-5H3/t21-,22-/m1/s1. The monoisotopic (exact) mass is 410 g/mol. The smallest absolute Gasteiger partial charge is 0.317 e. The highest BCUT2D eigenvalue weighted by molar-refractivity contribution is 6.18. The quantitative estimate of drug-likeness (QED) is 0.507. The van der Waals surface area contributed by atoms with Gasteiger partial charge in [0, 0.05) is 23.6 Å². The zero-order valence-electron chi connectivity index (χ0n) is 17.9. The van der Waals surface area contributed by atoms with Crippen molar-refractivity contribution in [3.63, 3.8) is 0 Å². The molecule has 0 saturated carbocycles. The maximum absolute atomic E-state index is 13.2. The van der Waals surface area contributed by atoms with Crippen LogP contribution in [-0.4, -0.2) is 39.7 Å². The molecular weight excluding hydrogens is 384 g/mol. The molecular formula is C24H26O6. The van der Waals surface area contributed by atoms with Crippen LogP contribution in [0, 0.1) is 5.92 Å². The Morgan fingerprint density at radius 2 is 1.57 bits per heavy atom. The van der Waals surface area contributed by atoms with Crippen molar-refractivity contribution in [3.8, 4) is 17.2 Å². The van der Waals surface area contributed by atoms with Crippen molar-refractivity contribution < 1.29 is 28.5 Å². The summed E-state index contributed by atoms with van der Waals surface area (Å²) in [5.74, 6) is -0.949. The summed E-state index contributed by atoms with van der Waals surface area (Å²) in [5, 5.41) is 0. The number of methoxy groups -OCH3 is 3. The fourth-order valence-corrected chi connectivity index (χ4v) is 4.06. The first-order valence-electron chi connectivity index (χ1n) is 9.75. The second-order valence-electron chi connectivity index (χ2n) is 6.92. The molecule has 6 heteroatoms. The lowest BCUT2D eigenvalue weighted by Crippen LogP contribution is -2.28. The maximum atomic E-state index is 13.2. The largest absolute Gasteiger partial charge is 0.496 e. The van der Waals surface area contributed by atoms with Gasteiger partial charge in [0.05, 0.1) is 27.9 Å². The molecule has 6 nitrogen and oxygen atoms in total. The molecule has 2 aromatic rings. The van der Waals surface area contributed by atoms with Gasteiger partial charge in [-0.2, -0.15) is 0 Å². The Bertz CT molecular complexity index is 951. The van der Waals surface area contributed by atoms with Gasteiger partial charge in [-0.1, -0.05) is 30.3 Å². The van der Waals surface area contributed by atoms with Gasteiger partial charge in [0.2, 0.25) is 0 Å². The third-order valence-electron chi connectivity index (χ3n) is 5.39. The van der Waals surface area contributed by atoms with Gasteiger partial charge in [-0.15, -0.1) is 0 Å². The van der Waals surface area contributed by atoms with Crippen molar-refractivity contribution >= 4 is 17.3 Å². The van der Waals surface area contributed by atoms with Crippen molar-refractivity contribution in [1.29, 1.82) is 0 Å². The molecule has 0 radical (unpaired) electrons. The van der Waals surface area contributed by atoms with E-state index in [0.717, 1.165) is 11.1 Å². The Hall–Kier alpha value is -3.28. The van der Waals surface area contributed by atoms with Gasteiger partial charge < -0.3 is 18.9 Å². The number of rotatable bonds is 7. The van der Waals surface area contributed by atoms with Crippen LogP contribution in [0.25, 0.3) is 5.57 Å². The van der Waals surface area contributed by atoms with E-state index in [0.29, 0.717) is 28.4 Å². The topological polar surface area (TPSA) is 71.1 Å². The molecule has 2 atom stereocenters. The van der Waals surface area contributed by atoms with E-state index >= 15 is 0 Å². The SMILES string of the molecule is CCOC(=O)[C@H]1C(=O)C(C)=C(c2ccccc2)[C@@H]1c1c(OC)cc(OC)cc1OC. The molecule has 0 heterocycles. The normalized spacial score (nSPS) is 18.4. The molecule has 0 aromatic heterocycles. The second-order valence-corrected chi connectivity index (χ2v) is 6.92. The molecule has 30 heavy (non-hydrogen) atoms. The number of hydrogen-bond donors (Lipinski definition) is 0. The summed E-state index contributed by atoms with van der Waals surface area (Å²) in [4.78, 5) is 26.2. The molecule has 1 aliphatic rings. The Morgan fingerprint density at radius 3 is 2.07 bits per heavy atom. The summed E-state index contributed by atoms with van der Waals surface area (Å²) >= 11 is 0. The van der Waals surface area contributed by atoms with Gasteiger partial charge in [-0.05, 0) is 30.6 Å². The van der Waals surface area contributed by atoms with Crippen LogP contribution < -0.4 is 14.2 Å². The number of carbonyl (C=O) groups excluding carboxylic acids is 2. The van der Waals surface area contributed by atoms with Crippen molar-refractivity contribution in [2.75, 3.05) is 27.9 Å². The molecule has 0 spiro atoms. The third-order valence-corrected chi connectivity index (χ3v) is 5.39. The summed E-state index contributed by atoms with van der Waals surface area (Å²) in [7, 11) is 4.62. The number of ketones is 1. The zero-order chi connectivity index (χ0) is 21.8. The van der Waals surface area contributed by atoms with Gasteiger partial charge in [-0.3, -0.25) is 9.59 Å². The average molecular weight is 410 g/mol. The lowest BCUT2D eigenvalue weighted by molar-refractivity contribution is -0.150. The van der Waals surface area contributed by atoms with Crippen LogP contribution in [-0.2, 0) is 14.3 Å². The number of Topliss-reactive ketones (excluding diaryl/α,β-unsaturated/α-hetero) is 1. The summed E-state index contributed by atoms with van der Waals surface area (Å²) in [6.07, 6.45) is 0. The molecule has 0 unspecified atom stereocenters. The van der Waals surface area contributed by atoms with E-state index in [1.54, 1.807) is 33.1 Å². The molecule has 0 fully saturated rings. The predicted octanol–water partition coefficient (Wildman–Crippen LogP) is 4.03. The highest BCUT2D eigenvalue weighted by Gasteiger charge is 2.48. The van der Waals surface area contributed by atoms with Gasteiger partial charge in [-0.25, -0.2) is 0 Å². The van der Waals surface area contributed by atoms with Gasteiger partial charge in [0.25, 0.3) is 0 Å². The van der Waals surface area contributed by atoms with Crippen molar-refractivity contribution in [3.05, 3.63) is 59.2 Å². The number of hydrogen-bond acceptors (Lipinski definition) is 6. The summed E-state index contributed by atoms with van der Waals surface area (Å²) < 4.78 is 21.9. The summed E-state index contributed by atoms with van der Waals surface area (Å²) in [5.41, 5.74) is 2.77. The number of carbonyl (C=O) groups is 2. The van der Waals surface area contributed by atoms with Crippen LogP contribution in [0.15, 0.2) is 48.0 Å². The average Bonchev–Trinajstić information content (AvgIpc) is 3.03. The van der Waals surface area contributed by atoms with Crippen molar-refractivity contribution in [2.45, 2.75) is 19.8 Å². The minimum Gasteiger partial charge on any atom is -0.496 e.